The zero-order valence-corrected chi connectivity index (χ0v) is 20.9. The van der Waals surface area contributed by atoms with Crippen molar-refractivity contribution in [3.63, 3.8) is 0 Å². The highest BCUT2D eigenvalue weighted by Gasteiger charge is 2.38. The van der Waals surface area contributed by atoms with Gasteiger partial charge in [-0.05, 0) is 56.2 Å². The second-order valence-electron chi connectivity index (χ2n) is 8.03. The van der Waals surface area contributed by atoms with Crippen molar-refractivity contribution < 1.29 is 19.1 Å². The van der Waals surface area contributed by atoms with E-state index < -0.39 is 17.9 Å². The number of esters is 2. The van der Waals surface area contributed by atoms with E-state index in [1.807, 2.05) is 67.8 Å². The van der Waals surface area contributed by atoms with Crippen molar-refractivity contribution in [2.24, 2.45) is 5.73 Å². The third-order valence-corrected chi connectivity index (χ3v) is 6.63. The molecule has 0 fully saturated rings. The second kappa shape index (κ2) is 11.9. The van der Waals surface area contributed by atoms with Gasteiger partial charge in [0.15, 0.2) is 0 Å². The van der Waals surface area contributed by atoms with Crippen LogP contribution < -0.4 is 11.1 Å². The molecule has 1 heterocycles. The number of thioether (sulfide) groups is 1. The average molecular weight is 481 g/mol. The Morgan fingerprint density at radius 3 is 2.47 bits per heavy atom. The van der Waals surface area contributed by atoms with Gasteiger partial charge in [-0.25, -0.2) is 9.59 Å². The fourth-order valence-electron chi connectivity index (χ4n) is 4.25. The van der Waals surface area contributed by atoms with Crippen LogP contribution in [0.5, 0.6) is 0 Å². The summed E-state index contributed by atoms with van der Waals surface area (Å²) in [5.41, 5.74) is 10.5. The smallest absolute Gasteiger partial charge is 0.336 e. The first-order valence-corrected chi connectivity index (χ1v) is 12.5. The molecule has 0 bridgehead atoms. The number of allylic oxidation sites excluding steroid dienone is 2. The highest BCUT2D eigenvalue weighted by molar-refractivity contribution is 7.98. The Bertz CT molecular complexity index is 1090. The Morgan fingerprint density at radius 1 is 1.09 bits per heavy atom. The number of hydrogen-bond acceptors (Lipinski definition) is 7. The number of rotatable bonds is 9. The predicted molar refractivity (Wildman–Crippen MR) is 135 cm³/mol. The summed E-state index contributed by atoms with van der Waals surface area (Å²) in [5, 5.41) is 3.30. The van der Waals surface area contributed by atoms with Gasteiger partial charge in [0.25, 0.3) is 0 Å². The lowest BCUT2D eigenvalue weighted by molar-refractivity contribution is -0.139. The molecule has 0 amide bonds. The summed E-state index contributed by atoms with van der Waals surface area (Å²) in [5.74, 6) is -1.54. The summed E-state index contributed by atoms with van der Waals surface area (Å²) in [7, 11) is 1.35. The minimum atomic E-state index is -0.609. The number of hydrogen-bond donors (Lipinski definition) is 2. The van der Waals surface area contributed by atoms with E-state index in [9.17, 15) is 9.59 Å². The molecule has 34 heavy (non-hydrogen) atoms. The van der Waals surface area contributed by atoms with Crippen LogP contribution >= 0.6 is 11.8 Å². The second-order valence-corrected chi connectivity index (χ2v) is 8.91. The number of methoxy groups -OCH3 is 1. The normalized spacial score (nSPS) is 16.7. The number of carbonyl (C=O) groups is 2. The summed E-state index contributed by atoms with van der Waals surface area (Å²) in [4.78, 5) is 27.2. The van der Waals surface area contributed by atoms with E-state index in [1.54, 1.807) is 18.7 Å². The Hall–Kier alpha value is -3.03. The third-order valence-electron chi connectivity index (χ3n) is 5.91. The standard InChI is InChI=1S/C27H32N2O4S/c1-5-33-27(31)25-22(15-14-21(28)18-10-7-6-8-11-18)29-17(2)23(26(30)32-3)24(25)19-12-9-13-20(16-19)34-4/h6-13,16,21,24,29H,5,14-15,28H2,1-4H3. The van der Waals surface area contributed by atoms with E-state index in [0.29, 0.717) is 29.7 Å². The third kappa shape index (κ3) is 5.72. The van der Waals surface area contributed by atoms with Gasteiger partial charge in [0.05, 0.1) is 30.8 Å². The minimum absolute atomic E-state index is 0.191. The van der Waals surface area contributed by atoms with Gasteiger partial charge in [-0.3, -0.25) is 0 Å². The zero-order chi connectivity index (χ0) is 24.7. The summed E-state index contributed by atoms with van der Waals surface area (Å²) >= 11 is 1.60. The summed E-state index contributed by atoms with van der Waals surface area (Å²) in [6.07, 6.45) is 3.13. The van der Waals surface area contributed by atoms with E-state index in [-0.39, 0.29) is 12.6 Å². The van der Waals surface area contributed by atoms with Gasteiger partial charge >= 0.3 is 11.9 Å². The van der Waals surface area contributed by atoms with Gasteiger partial charge in [0.2, 0.25) is 0 Å². The molecule has 2 unspecified atom stereocenters. The van der Waals surface area contributed by atoms with Crippen molar-refractivity contribution in [1.82, 2.24) is 5.32 Å². The molecule has 3 rings (SSSR count). The molecule has 7 heteroatoms. The predicted octanol–water partition coefficient (Wildman–Crippen LogP) is 4.84. The van der Waals surface area contributed by atoms with Crippen molar-refractivity contribution >= 4 is 23.7 Å². The quantitative estimate of drug-likeness (QED) is 0.392. The van der Waals surface area contributed by atoms with Crippen LogP contribution in [0.4, 0.5) is 0 Å². The van der Waals surface area contributed by atoms with Crippen LogP contribution in [0.3, 0.4) is 0 Å². The molecule has 6 nitrogen and oxygen atoms in total. The van der Waals surface area contributed by atoms with E-state index in [2.05, 4.69) is 5.32 Å². The van der Waals surface area contributed by atoms with Crippen LogP contribution in [0, 0.1) is 0 Å². The van der Waals surface area contributed by atoms with Gasteiger partial charge in [-0.1, -0.05) is 42.5 Å². The van der Waals surface area contributed by atoms with E-state index >= 15 is 0 Å². The molecule has 1 aliphatic heterocycles. The molecular formula is C27H32N2O4S. The summed E-state index contributed by atoms with van der Waals surface area (Å²) < 4.78 is 10.6. The number of ether oxygens (including phenoxy) is 2. The van der Waals surface area contributed by atoms with Crippen molar-refractivity contribution in [3.05, 3.63) is 88.3 Å². The molecule has 1 aliphatic rings. The van der Waals surface area contributed by atoms with Crippen molar-refractivity contribution in [2.75, 3.05) is 20.0 Å². The van der Waals surface area contributed by atoms with Crippen LogP contribution in [0.15, 0.2) is 82.0 Å². The van der Waals surface area contributed by atoms with Crippen molar-refractivity contribution in [1.29, 1.82) is 0 Å². The highest BCUT2D eigenvalue weighted by atomic mass is 32.2. The summed E-state index contributed by atoms with van der Waals surface area (Å²) in [6, 6.07) is 17.5. The highest BCUT2D eigenvalue weighted by Crippen LogP contribution is 2.41. The van der Waals surface area contributed by atoms with Gasteiger partial charge in [0, 0.05) is 22.3 Å². The number of carbonyl (C=O) groups excluding carboxylic acids is 2. The Morgan fingerprint density at radius 2 is 1.82 bits per heavy atom. The molecule has 3 N–H and O–H groups in total. The topological polar surface area (TPSA) is 90.6 Å². The maximum Gasteiger partial charge on any atom is 0.336 e. The van der Waals surface area contributed by atoms with Gasteiger partial charge < -0.3 is 20.5 Å². The molecular weight excluding hydrogens is 448 g/mol. The molecule has 0 spiro atoms. The molecule has 0 saturated heterocycles. The van der Waals surface area contributed by atoms with Crippen LogP contribution in [0.25, 0.3) is 0 Å². The molecule has 2 aromatic rings. The lowest BCUT2D eigenvalue weighted by Gasteiger charge is -2.32. The van der Waals surface area contributed by atoms with Crippen LogP contribution in [-0.2, 0) is 19.1 Å². The molecule has 2 aromatic carbocycles. The van der Waals surface area contributed by atoms with Gasteiger partial charge in [0.1, 0.15) is 0 Å². The van der Waals surface area contributed by atoms with E-state index in [0.717, 1.165) is 21.7 Å². The first-order valence-electron chi connectivity index (χ1n) is 11.3. The number of nitrogens with two attached hydrogens (primary N) is 1. The number of benzene rings is 2. The van der Waals surface area contributed by atoms with Crippen molar-refractivity contribution in [3.8, 4) is 0 Å². The molecule has 2 atom stereocenters. The Labute approximate surface area is 205 Å². The SMILES string of the molecule is CCOC(=O)C1=C(CCC(N)c2ccccc2)NC(C)=C(C(=O)OC)C1c1cccc(SC)c1. The minimum Gasteiger partial charge on any atom is -0.466 e. The fraction of sp³-hybridized carbons (Fsp3) is 0.333. The summed E-state index contributed by atoms with van der Waals surface area (Å²) in [6.45, 7) is 3.83. The molecule has 180 valence electrons. The van der Waals surface area contributed by atoms with Gasteiger partial charge in [-0.15, -0.1) is 11.8 Å². The monoisotopic (exact) mass is 480 g/mol. The van der Waals surface area contributed by atoms with Crippen LogP contribution in [0.1, 0.15) is 49.8 Å². The maximum atomic E-state index is 13.3. The molecule has 0 radical (unpaired) electrons. The lowest BCUT2D eigenvalue weighted by atomic mass is 9.79. The molecule has 0 aromatic heterocycles. The van der Waals surface area contributed by atoms with Crippen LogP contribution in [0.2, 0.25) is 0 Å². The van der Waals surface area contributed by atoms with E-state index in [4.69, 9.17) is 15.2 Å². The number of dihydropyridines is 1. The Kier molecular flexibility index (Phi) is 8.96. The number of nitrogens with one attached hydrogen (secondary N) is 1. The lowest BCUT2D eigenvalue weighted by Crippen LogP contribution is -2.33. The Balaban J connectivity index is 2.09. The molecule has 0 saturated carbocycles. The first kappa shape index (κ1) is 25.6. The fourth-order valence-corrected chi connectivity index (χ4v) is 4.71. The van der Waals surface area contributed by atoms with E-state index in [1.165, 1.54) is 7.11 Å². The molecule has 0 aliphatic carbocycles. The van der Waals surface area contributed by atoms with Crippen LogP contribution in [-0.4, -0.2) is 31.9 Å². The largest absolute Gasteiger partial charge is 0.466 e. The average Bonchev–Trinajstić information content (AvgIpc) is 2.86. The van der Waals surface area contributed by atoms with Crippen molar-refractivity contribution in [2.45, 2.75) is 43.5 Å². The first-order chi connectivity index (χ1) is 16.4. The zero-order valence-electron chi connectivity index (χ0n) is 20.1. The maximum absolute atomic E-state index is 13.3. The van der Waals surface area contributed by atoms with Gasteiger partial charge in [-0.2, -0.15) is 0 Å².